The van der Waals surface area contributed by atoms with Crippen molar-refractivity contribution in [1.29, 1.82) is 0 Å². The Hall–Kier alpha value is 0.903. The molecule has 0 unspecified atom stereocenters. The Kier molecular flexibility index (Phi) is 11.6. The topological polar surface area (TPSA) is 121 Å². The molecule has 0 radical (unpaired) electrons. The molecule has 0 atom stereocenters. The molecule has 0 heterocycles. The third-order valence-corrected chi connectivity index (χ3v) is 1.83. The molecule has 95 valence electrons. The van der Waals surface area contributed by atoms with Crippen LogP contribution in [0, 0.1) is 0 Å². The maximum absolute atomic E-state index is 7.56. The fourth-order valence-electron chi connectivity index (χ4n) is 0.478. The van der Waals surface area contributed by atoms with E-state index in [2.05, 4.69) is 47.9 Å². The molecule has 0 saturated heterocycles. The van der Waals surface area contributed by atoms with Gasteiger partial charge in [-0.1, -0.05) is 0 Å². The molecule has 0 saturated carbocycles. The molecule has 0 aliphatic carbocycles. The summed E-state index contributed by atoms with van der Waals surface area (Å²) >= 11 is 8.47. The summed E-state index contributed by atoms with van der Waals surface area (Å²) in [7, 11) is 0. The van der Waals surface area contributed by atoms with E-state index in [1.165, 1.54) is 22.5 Å². The summed E-state index contributed by atoms with van der Waals surface area (Å²) in [5, 5.41) is 0. The predicted molar refractivity (Wildman–Crippen MR) is 68.0 cm³/mol. The number of benzene rings is 1. The van der Waals surface area contributed by atoms with Gasteiger partial charge in [-0.05, 0) is 23.6 Å². The van der Waals surface area contributed by atoms with E-state index in [0.29, 0.717) is 0 Å². The SMILES string of the molecule is OP(O)(O)=S.OP(O)(O)=S.[Zn][c]1ccccc1. The van der Waals surface area contributed by atoms with Crippen molar-refractivity contribution in [3.05, 3.63) is 30.3 Å². The Morgan fingerprint density at radius 3 is 1.12 bits per heavy atom. The van der Waals surface area contributed by atoms with Crippen LogP contribution in [0.1, 0.15) is 0 Å². The van der Waals surface area contributed by atoms with Gasteiger partial charge in [-0.25, -0.2) is 0 Å². The number of hydrogen-bond donors (Lipinski definition) is 6. The molecule has 1 rings (SSSR count). The van der Waals surface area contributed by atoms with E-state index in [1.807, 2.05) is 6.07 Å². The fraction of sp³-hybridized carbons (Fsp3) is 0. The summed E-state index contributed by atoms with van der Waals surface area (Å²) in [6.07, 6.45) is 0. The summed E-state index contributed by atoms with van der Waals surface area (Å²) in [5.74, 6) is 0. The Balaban J connectivity index is 0. The number of rotatable bonds is 0. The van der Waals surface area contributed by atoms with Gasteiger partial charge in [-0.2, -0.15) is 0 Å². The van der Waals surface area contributed by atoms with E-state index in [4.69, 9.17) is 29.4 Å². The van der Waals surface area contributed by atoms with Gasteiger partial charge in [-0.3, -0.25) is 0 Å². The molecule has 6 nitrogen and oxygen atoms in total. The van der Waals surface area contributed by atoms with Crippen LogP contribution in [0.2, 0.25) is 0 Å². The second kappa shape index (κ2) is 9.78. The van der Waals surface area contributed by atoms with Crippen LogP contribution in [0.3, 0.4) is 0 Å². The van der Waals surface area contributed by atoms with Gasteiger partial charge < -0.3 is 29.4 Å². The molecule has 1 aromatic carbocycles. The molecule has 0 aliphatic heterocycles. The van der Waals surface area contributed by atoms with Gasteiger partial charge in [0.2, 0.25) is 0 Å². The second-order valence-corrected chi connectivity index (χ2v) is 9.22. The van der Waals surface area contributed by atoms with Crippen molar-refractivity contribution in [2.75, 3.05) is 0 Å². The first kappa shape index (κ1) is 20.2. The van der Waals surface area contributed by atoms with Crippen molar-refractivity contribution in [3.63, 3.8) is 0 Å². The van der Waals surface area contributed by atoms with Gasteiger partial charge in [0.25, 0.3) is 0 Å². The predicted octanol–water partition coefficient (Wildman–Crippen LogP) is -0.766. The van der Waals surface area contributed by atoms with Crippen molar-refractivity contribution in [3.8, 4) is 0 Å². The van der Waals surface area contributed by atoms with E-state index in [1.54, 1.807) is 0 Å². The minimum absolute atomic E-state index is 1.26. The average Bonchev–Trinajstić information content (AvgIpc) is 1.98. The van der Waals surface area contributed by atoms with Crippen molar-refractivity contribution in [1.82, 2.24) is 0 Å². The zero-order chi connectivity index (χ0) is 14.1. The summed E-state index contributed by atoms with van der Waals surface area (Å²) < 4.78 is 1.45. The van der Waals surface area contributed by atoms with Crippen LogP contribution in [-0.4, -0.2) is 29.4 Å². The van der Waals surface area contributed by atoms with Crippen molar-refractivity contribution < 1.29 is 47.7 Å². The molecular formula is C6H11O6P2S2Zn. The van der Waals surface area contributed by atoms with Crippen molar-refractivity contribution >= 4 is 41.2 Å². The molecule has 0 fully saturated rings. The monoisotopic (exact) mass is 369 g/mol. The Morgan fingerprint density at radius 1 is 0.765 bits per heavy atom. The van der Waals surface area contributed by atoms with Crippen molar-refractivity contribution in [2.24, 2.45) is 0 Å². The van der Waals surface area contributed by atoms with Gasteiger partial charge in [0.05, 0.1) is 0 Å². The van der Waals surface area contributed by atoms with Crippen LogP contribution in [0.4, 0.5) is 0 Å². The summed E-state index contributed by atoms with van der Waals surface area (Å²) in [4.78, 5) is 45.3. The van der Waals surface area contributed by atoms with Gasteiger partial charge in [-0.15, -0.1) is 0 Å². The maximum atomic E-state index is 7.56. The zero-order valence-corrected chi connectivity index (χ0v) is 14.9. The normalized spacial score (nSPS) is 10.6. The van der Waals surface area contributed by atoms with Crippen LogP contribution in [0.5, 0.6) is 0 Å². The van der Waals surface area contributed by atoms with Gasteiger partial charge >= 0.3 is 66.2 Å². The van der Waals surface area contributed by atoms with E-state index < -0.39 is 13.4 Å². The first-order valence-electron chi connectivity index (χ1n) is 3.83. The fourth-order valence-corrected chi connectivity index (χ4v) is 1.05. The third-order valence-electron chi connectivity index (χ3n) is 0.843. The summed E-state index contributed by atoms with van der Waals surface area (Å²) in [6.45, 7) is -7.61. The van der Waals surface area contributed by atoms with E-state index in [-0.39, 0.29) is 0 Å². The second-order valence-electron chi connectivity index (χ2n) is 2.51. The third kappa shape index (κ3) is 47.4. The van der Waals surface area contributed by atoms with Crippen LogP contribution in [0.25, 0.3) is 0 Å². The van der Waals surface area contributed by atoms with E-state index in [0.717, 1.165) is 0 Å². The molecule has 0 spiro atoms. The Labute approximate surface area is 119 Å². The molecule has 6 N–H and O–H groups in total. The van der Waals surface area contributed by atoms with Crippen LogP contribution in [0.15, 0.2) is 30.3 Å². The number of hydrogen-bond acceptors (Lipinski definition) is 2. The molecule has 0 aromatic heterocycles. The van der Waals surface area contributed by atoms with Crippen LogP contribution < -0.4 is 4.16 Å². The molecule has 1 aromatic rings. The van der Waals surface area contributed by atoms with E-state index in [9.17, 15) is 0 Å². The molecule has 0 bridgehead atoms. The van der Waals surface area contributed by atoms with Crippen molar-refractivity contribution in [2.45, 2.75) is 0 Å². The van der Waals surface area contributed by atoms with Gasteiger partial charge in [0.15, 0.2) is 0 Å². The van der Waals surface area contributed by atoms with E-state index >= 15 is 0 Å². The first-order chi connectivity index (χ1) is 7.39. The van der Waals surface area contributed by atoms with Gasteiger partial charge in [0.1, 0.15) is 0 Å². The zero-order valence-electron chi connectivity index (χ0n) is 8.49. The summed E-state index contributed by atoms with van der Waals surface area (Å²) in [6, 6.07) is 10.5. The van der Waals surface area contributed by atoms with Gasteiger partial charge in [0, 0.05) is 0 Å². The molecule has 0 amide bonds. The first-order valence-corrected chi connectivity index (χ1v) is 10.6. The van der Waals surface area contributed by atoms with Crippen LogP contribution in [-0.2, 0) is 41.9 Å². The standard InChI is InChI=1S/C6H5.2H3O3PS.Zn/c1-2-4-6-5-3-1;2*1-4(2,3)5;/h1-5H;2*(H3,1,2,3,5);. The Bertz CT molecular complexity index is 354. The molecule has 0 aliphatic rings. The summed E-state index contributed by atoms with van der Waals surface area (Å²) in [5.41, 5.74) is 0. The molecule has 11 heteroatoms. The quantitative estimate of drug-likeness (QED) is 0.260. The molecular weight excluding hydrogens is 360 g/mol. The van der Waals surface area contributed by atoms with Crippen LogP contribution >= 0.6 is 13.4 Å². The average molecular weight is 371 g/mol. The Morgan fingerprint density at radius 2 is 1.00 bits per heavy atom. The molecule has 17 heavy (non-hydrogen) atoms. The minimum atomic E-state index is -3.81.